The summed E-state index contributed by atoms with van der Waals surface area (Å²) < 4.78 is 29.4. The van der Waals surface area contributed by atoms with Crippen LogP contribution in [0.5, 0.6) is 0 Å². The first-order chi connectivity index (χ1) is 9.89. The van der Waals surface area contributed by atoms with Crippen LogP contribution in [0.15, 0.2) is 12.1 Å². The summed E-state index contributed by atoms with van der Waals surface area (Å²) in [5.41, 5.74) is 0.861. The highest BCUT2D eigenvalue weighted by atomic mass is 35.5. The minimum Gasteiger partial charge on any atom is -0.326 e. The van der Waals surface area contributed by atoms with E-state index >= 15 is 0 Å². The molecule has 1 unspecified atom stereocenters. The van der Waals surface area contributed by atoms with Crippen LogP contribution in [0.3, 0.4) is 0 Å². The van der Waals surface area contributed by atoms with Crippen molar-refractivity contribution in [2.75, 3.05) is 0 Å². The number of hydrogen-bond acceptors (Lipinski definition) is 1. The first kappa shape index (κ1) is 14.8. The Morgan fingerprint density at radius 1 is 1.33 bits per heavy atom. The molecule has 0 spiro atoms. The lowest BCUT2D eigenvalue weighted by molar-refractivity contribution is 0.281. The van der Waals surface area contributed by atoms with E-state index in [4.69, 9.17) is 11.6 Å². The number of alkyl halides is 1. The molecule has 0 aliphatic heterocycles. The Morgan fingerprint density at radius 3 is 2.62 bits per heavy atom. The number of nitrogens with zero attached hydrogens (tertiary/aromatic N) is 2. The van der Waals surface area contributed by atoms with Crippen LogP contribution in [-0.2, 0) is 6.54 Å². The van der Waals surface area contributed by atoms with Crippen molar-refractivity contribution in [3.8, 4) is 0 Å². The third-order valence-electron chi connectivity index (χ3n) is 4.51. The maximum absolute atomic E-state index is 14.0. The summed E-state index contributed by atoms with van der Waals surface area (Å²) in [6.07, 6.45) is 4.66. The van der Waals surface area contributed by atoms with Crippen molar-refractivity contribution >= 4 is 22.6 Å². The minimum absolute atomic E-state index is 0.150. The SMILES string of the molecule is CC(Cl)c1nc2c(F)cc(F)cc2n1CC1(C)CCCC1. The molecule has 2 aromatic rings. The zero-order valence-electron chi connectivity index (χ0n) is 12.3. The molecule has 21 heavy (non-hydrogen) atoms. The second-order valence-corrected chi connectivity index (χ2v) is 7.10. The lowest BCUT2D eigenvalue weighted by atomic mass is 9.88. The van der Waals surface area contributed by atoms with Gasteiger partial charge in [-0.1, -0.05) is 19.8 Å². The fourth-order valence-corrected chi connectivity index (χ4v) is 3.57. The van der Waals surface area contributed by atoms with Crippen LogP contribution in [0.2, 0.25) is 0 Å². The van der Waals surface area contributed by atoms with E-state index in [1.165, 1.54) is 18.9 Å². The van der Waals surface area contributed by atoms with Gasteiger partial charge in [-0.05, 0) is 31.2 Å². The van der Waals surface area contributed by atoms with Crippen LogP contribution >= 0.6 is 11.6 Å². The number of hydrogen-bond donors (Lipinski definition) is 0. The van der Waals surface area contributed by atoms with Gasteiger partial charge >= 0.3 is 0 Å². The Balaban J connectivity index is 2.16. The molecule has 1 saturated carbocycles. The van der Waals surface area contributed by atoms with E-state index < -0.39 is 11.6 Å². The number of benzene rings is 1. The summed E-state index contributed by atoms with van der Waals surface area (Å²) in [6, 6.07) is 2.23. The van der Waals surface area contributed by atoms with E-state index in [0.717, 1.165) is 18.9 Å². The van der Waals surface area contributed by atoms with Gasteiger partial charge in [0, 0.05) is 12.6 Å². The summed E-state index contributed by atoms with van der Waals surface area (Å²) in [7, 11) is 0. The molecule has 114 valence electrons. The van der Waals surface area contributed by atoms with Gasteiger partial charge in [0.2, 0.25) is 0 Å². The van der Waals surface area contributed by atoms with Gasteiger partial charge in [0.05, 0.1) is 10.9 Å². The Bertz CT molecular complexity index is 672. The molecule has 2 nitrogen and oxygen atoms in total. The maximum atomic E-state index is 14.0. The molecule has 1 heterocycles. The Kier molecular flexibility index (Phi) is 3.68. The highest BCUT2D eigenvalue weighted by Gasteiger charge is 2.31. The molecule has 0 radical (unpaired) electrons. The van der Waals surface area contributed by atoms with Crippen LogP contribution in [0.25, 0.3) is 11.0 Å². The Morgan fingerprint density at radius 2 is 2.00 bits per heavy atom. The molecule has 1 aromatic carbocycles. The van der Waals surface area contributed by atoms with Crippen molar-refractivity contribution in [1.29, 1.82) is 0 Å². The first-order valence-corrected chi connectivity index (χ1v) is 7.82. The van der Waals surface area contributed by atoms with Gasteiger partial charge in [0.15, 0.2) is 5.82 Å². The highest BCUT2D eigenvalue weighted by Crippen LogP contribution is 2.40. The van der Waals surface area contributed by atoms with E-state index in [9.17, 15) is 8.78 Å². The van der Waals surface area contributed by atoms with E-state index in [2.05, 4.69) is 11.9 Å². The standard InChI is InChI=1S/C16H19ClF2N2/c1-10(17)15-20-14-12(19)7-11(18)8-13(14)21(15)9-16(2)5-3-4-6-16/h7-8,10H,3-6,9H2,1-2H3. The molecule has 1 atom stereocenters. The van der Waals surface area contributed by atoms with Gasteiger partial charge < -0.3 is 4.57 Å². The molecule has 0 amide bonds. The number of rotatable bonds is 3. The monoisotopic (exact) mass is 312 g/mol. The topological polar surface area (TPSA) is 17.8 Å². The van der Waals surface area contributed by atoms with E-state index in [0.29, 0.717) is 17.9 Å². The molecule has 0 saturated heterocycles. The molecule has 1 aliphatic carbocycles. The van der Waals surface area contributed by atoms with Crippen molar-refractivity contribution in [3.63, 3.8) is 0 Å². The van der Waals surface area contributed by atoms with Crippen molar-refractivity contribution in [2.45, 2.75) is 51.5 Å². The Hall–Kier alpha value is -1.16. The quantitative estimate of drug-likeness (QED) is 0.713. The first-order valence-electron chi connectivity index (χ1n) is 7.39. The number of imidazole rings is 1. The third-order valence-corrected chi connectivity index (χ3v) is 4.70. The molecule has 0 bridgehead atoms. The van der Waals surface area contributed by atoms with Gasteiger partial charge in [0.1, 0.15) is 17.2 Å². The molecular weight excluding hydrogens is 294 g/mol. The average molecular weight is 313 g/mol. The van der Waals surface area contributed by atoms with E-state index in [1.54, 1.807) is 0 Å². The van der Waals surface area contributed by atoms with Crippen LogP contribution < -0.4 is 0 Å². The minimum atomic E-state index is -0.626. The molecule has 0 N–H and O–H groups in total. The largest absolute Gasteiger partial charge is 0.326 e. The van der Waals surface area contributed by atoms with Crippen LogP contribution in [0.4, 0.5) is 8.78 Å². The average Bonchev–Trinajstić information content (AvgIpc) is 2.95. The molecule has 1 fully saturated rings. The highest BCUT2D eigenvalue weighted by molar-refractivity contribution is 6.20. The van der Waals surface area contributed by atoms with Crippen LogP contribution in [0, 0.1) is 17.0 Å². The predicted octanol–water partition coefficient (Wildman–Crippen LogP) is 5.19. The number of halogens is 3. The molecule has 5 heteroatoms. The van der Waals surface area contributed by atoms with Gasteiger partial charge in [-0.25, -0.2) is 13.8 Å². The molecular formula is C16H19ClF2N2. The summed E-state index contributed by atoms with van der Waals surface area (Å²) in [4.78, 5) is 4.32. The lowest BCUT2D eigenvalue weighted by Gasteiger charge is -2.26. The number of fused-ring (bicyclic) bond motifs is 1. The normalized spacial score (nSPS) is 19.3. The second kappa shape index (κ2) is 5.24. The summed E-state index contributed by atoms with van der Waals surface area (Å²) in [5.74, 6) is -0.588. The van der Waals surface area contributed by atoms with Gasteiger partial charge in [-0.15, -0.1) is 11.6 Å². The lowest BCUT2D eigenvalue weighted by Crippen LogP contribution is -2.21. The zero-order valence-corrected chi connectivity index (χ0v) is 13.1. The van der Waals surface area contributed by atoms with Gasteiger partial charge in [-0.3, -0.25) is 0 Å². The predicted molar refractivity (Wildman–Crippen MR) is 80.5 cm³/mol. The third kappa shape index (κ3) is 2.66. The summed E-state index contributed by atoms with van der Waals surface area (Å²) in [6.45, 7) is 4.74. The summed E-state index contributed by atoms with van der Waals surface area (Å²) >= 11 is 6.20. The fourth-order valence-electron chi connectivity index (χ4n) is 3.41. The van der Waals surface area contributed by atoms with Crippen LogP contribution in [0.1, 0.15) is 50.7 Å². The fraction of sp³-hybridized carbons (Fsp3) is 0.562. The second-order valence-electron chi connectivity index (χ2n) is 6.45. The molecule has 1 aromatic heterocycles. The van der Waals surface area contributed by atoms with Crippen molar-refractivity contribution < 1.29 is 8.78 Å². The maximum Gasteiger partial charge on any atom is 0.153 e. The van der Waals surface area contributed by atoms with E-state index in [-0.39, 0.29) is 16.3 Å². The number of aromatic nitrogens is 2. The van der Waals surface area contributed by atoms with Gasteiger partial charge in [0.25, 0.3) is 0 Å². The molecule has 1 aliphatic rings. The smallest absolute Gasteiger partial charge is 0.153 e. The van der Waals surface area contributed by atoms with Crippen molar-refractivity contribution in [3.05, 3.63) is 29.6 Å². The molecule has 3 rings (SSSR count). The van der Waals surface area contributed by atoms with E-state index in [1.807, 2.05) is 11.5 Å². The van der Waals surface area contributed by atoms with Gasteiger partial charge in [-0.2, -0.15) is 0 Å². The Labute approximate surface area is 128 Å². The summed E-state index contributed by atoms with van der Waals surface area (Å²) in [5, 5.41) is -0.343. The zero-order chi connectivity index (χ0) is 15.2. The van der Waals surface area contributed by atoms with Crippen molar-refractivity contribution in [2.24, 2.45) is 5.41 Å². The van der Waals surface area contributed by atoms with Crippen LogP contribution in [-0.4, -0.2) is 9.55 Å². The van der Waals surface area contributed by atoms with Crippen molar-refractivity contribution in [1.82, 2.24) is 9.55 Å².